The molecule has 1 amide bonds. The van der Waals surface area contributed by atoms with Gasteiger partial charge in [0.05, 0.1) is 34.5 Å². The van der Waals surface area contributed by atoms with Crippen molar-refractivity contribution in [2.75, 3.05) is 5.32 Å². The van der Waals surface area contributed by atoms with Crippen LogP contribution in [-0.4, -0.2) is 20.7 Å². The van der Waals surface area contributed by atoms with Crippen molar-refractivity contribution in [2.24, 2.45) is 0 Å². The van der Waals surface area contributed by atoms with Crippen LogP contribution < -0.4 is 5.32 Å². The van der Waals surface area contributed by atoms with Gasteiger partial charge in [-0.3, -0.25) is 4.79 Å². The van der Waals surface area contributed by atoms with Gasteiger partial charge in [-0.05, 0) is 37.3 Å². The highest BCUT2D eigenvalue weighted by atomic mass is 16.1. The molecular formula is C22H17N5O. The van der Waals surface area contributed by atoms with Crippen LogP contribution in [0, 0.1) is 11.3 Å². The average molecular weight is 367 g/mol. The number of hydrogen-bond donors (Lipinski definition) is 1. The van der Waals surface area contributed by atoms with Crippen molar-refractivity contribution in [3.8, 4) is 17.3 Å². The van der Waals surface area contributed by atoms with Gasteiger partial charge in [0.2, 0.25) is 0 Å². The summed E-state index contributed by atoms with van der Waals surface area (Å²) >= 11 is 0. The Kier molecular flexibility index (Phi) is 4.56. The van der Waals surface area contributed by atoms with Gasteiger partial charge < -0.3 is 5.32 Å². The normalized spacial score (nSPS) is 10.6. The van der Waals surface area contributed by atoms with Gasteiger partial charge in [0.1, 0.15) is 0 Å². The summed E-state index contributed by atoms with van der Waals surface area (Å²) in [6.07, 6.45) is 1.67. The minimum absolute atomic E-state index is 0.245. The molecule has 28 heavy (non-hydrogen) atoms. The van der Waals surface area contributed by atoms with Gasteiger partial charge in [-0.25, -0.2) is 9.67 Å². The van der Waals surface area contributed by atoms with Gasteiger partial charge in [0, 0.05) is 17.8 Å². The third-order valence-corrected chi connectivity index (χ3v) is 4.49. The fourth-order valence-corrected chi connectivity index (χ4v) is 3.05. The number of nitrogens with zero attached hydrogens (tertiary/aromatic N) is 4. The molecule has 0 aliphatic carbocycles. The first-order valence-electron chi connectivity index (χ1n) is 8.93. The zero-order valence-electron chi connectivity index (χ0n) is 15.3. The molecule has 2 aromatic carbocycles. The van der Waals surface area contributed by atoms with Gasteiger partial charge in [-0.1, -0.05) is 30.3 Å². The van der Waals surface area contributed by atoms with Gasteiger partial charge in [0.15, 0.2) is 5.65 Å². The molecule has 2 heterocycles. The molecule has 6 heteroatoms. The quantitative estimate of drug-likeness (QED) is 0.585. The number of anilines is 1. The summed E-state index contributed by atoms with van der Waals surface area (Å²) in [5.74, 6) is -0.245. The summed E-state index contributed by atoms with van der Waals surface area (Å²) in [7, 11) is 0. The number of nitriles is 1. The summed E-state index contributed by atoms with van der Waals surface area (Å²) in [5.41, 5.74) is 3.99. The first-order chi connectivity index (χ1) is 13.7. The Morgan fingerprint density at radius 1 is 1.14 bits per heavy atom. The van der Waals surface area contributed by atoms with E-state index in [9.17, 15) is 4.79 Å². The molecule has 0 aliphatic rings. The lowest BCUT2D eigenvalue weighted by molar-refractivity contribution is 0.102. The Labute approximate surface area is 162 Å². The molecule has 0 atom stereocenters. The second kappa shape index (κ2) is 7.33. The molecule has 4 rings (SSSR count). The Morgan fingerprint density at radius 3 is 2.57 bits per heavy atom. The van der Waals surface area contributed by atoms with Crippen molar-refractivity contribution >= 4 is 22.6 Å². The molecule has 4 aromatic rings. The molecule has 136 valence electrons. The number of pyridine rings is 1. The Hall–Kier alpha value is -3.98. The van der Waals surface area contributed by atoms with Gasteiger partial charge in [0.25, 0.3) is 5.91 Å². The number of carbonyl (C=O) groups excluding carboxylic acids is 1. The van der Waals surface area contributed by atoms with E-state index in [1.165, 1.54) is 0 Å². The fraction of sp³-hybridized carbons (Fsp3) is 0.0909. The summed E-state index contributed by atoms with van der Waals surface area (Å²) < 4.78 is 1.78. The average Bonchev–Trinajstić information content (AvgIpc) is 3.17. The lowest BCUT2D eigenvalue weighted by atomic mass is 10.1. The van der Waals surface area contributed by atoms with Crippen molar-refractivity contribution in [3.05, 3.63) is 78.0 Å². The molecule has 0 saturated carbocycles. The minimum atomic E-state index is -0.245. The molecule has 0 spiro atoms. The highest BCUT2D eigenvalue weighted by molar-refractivity contribution is 6.12. The zero-order chi connectivity index (χ0) is 19.5. The van der Waals surface area contributed by atoms with E-state index in [1.807, 2.05) is 37.3 Å². The number of fused-ring (bicyclic) bond motifs is 1. The number of hydrogen-bond acceptors (Lipinski definition) is 4. The predicted molar refractivity (Wildman–Crippen MR) is 108 cm³/mol. The lowest BCUT2D eigenvalue weighted by Crippen LogP contribution is -2.13. The highest BCUT2D eigenvalue weighted by Gasteiger charge is 2.17. The van der Waals surface area contributed by atoms with E-state index in [4.69, 9.17) is 10.2 Å². The monoisotopic (exact) mass is 367 g/mol. The van der Waals surface area contributed by atoms with Crippen molar-refractivity contribution < 1.29 is 4.79 Å². The van der Waals surface area contributed by atoms with Crippen LogP contribution in [0.4, 0.5) is 5.69 Å². The highest BCUT2D eigenvalue weighted by Crippen LogP contribution is 2.25. The first-order valence-corrected chi connectivity index (χ1v) is 8.93. The number of aromatic nitrogens is 3. The largest absolute Gasteiger partial charge is 0.322 e. The first kappa shape index (κ1) is 17.4. The van der Waals surface area contributed by atoms with E-state index in [2.05, 4.69) is 16.5 Å². The van der Waals surface area contributed by atoms with Crippen LogP contribution in [0.1, 0.15) is 22.8 Å². The van der Waals surface area contributed by atoms with E-state index in [1.54, 1.807) is 41.2 Å². The van der Waals surface area contributed by atoms with Crippen molar-refractivity contribution in [1.82, 2.24) is 14.8 Å². The fourth-order valence-electron chi connectivity index (χ4n) is 3.05. The molecule has 6 nitrogen and oxygen atoms in total. The zero-order valence-corrected chi connectivity index (χ0v) is 15.3. The van der Waals surface area contributed by atoms with Crippen molar-refractivity contribution in [2.45, 2.75) is 13.5 Å². The number of rotatable bonds is 4. The maximum atomic E-state index is 13.0. The van der Waals surface area contributed by atoms with Crippen LogP contribution in [0.5, 0.6) is 0 Å². The van der Waals surface area contributed by atoms with Crippen LogP contribution in [-0.2, 0) is 6.54 Å². The second-order valence-corrected chi connectivity index (χ2v) is 6.26. The van der Waals surface area contributed by atoms with Gasteiger partial charge >= 0.3 is 0 Å². The Balaban J connectivity index is 1.79. The SMILES string of the molecule is CCn1ncc2c(C(=O)Nc3ccc(C#N)cc3)cc(-c3ccccc3)nc21. The number of benzene rings is 2. The molecule has 0 saturated heterocycles. The summed E-state index contributed by atoms with van der Waals surface area (Å²) in [6.45, 7) is 2.64. The summed E-state index contributed by atoms with van der Waals surface area (Å²) in [4.78, 5) is 17.8. The molecular weight excluding hydrogens is 350 g/mol. The van der Waals surface area contributed by atoms with Gasteiger partial charge in [-0.15, -0.1) is 0 Å². The number of carbonyl (C=O) groups is 1. The van der Waals surface area contributed by atoms with Crippen molar-refractivity contribution in [1.29, 1.82) is 5.26 Å². The topological polar surface area (TPSA) is 83.6 Å². The number of amides is 1. The van der Waals surface area contributed by atoms with Crippen LogP contribution >= 0.6 is 0 Å². The van der Waals surface area contributed by atoms with E-state index >= 15 is 0 Å². The molecule has 0 aliphatic heterocycles. The molecule has 1 N–H and O–H groups in total. The lowest BCUT2D eigenvalue weighted by Gasteiger charge is -2.09. The summed E-state index contributed by atoms with van der Waals surface area (Å²) in [5, 5.41) is 16.9. The molecule has 2 aromatic heterocycles. The Morgan fingerprint density at radius 2 is 1.89 bits per heavy atom. The molecule has 0 fully saturated rings. The van der Waals surface area contributed by atoms with Gasteiger partial charge in [-0.2, -0.15) is 10.4 Å². The van der Waals surface area contributed by atoms with E-state index in [0.717, 1.165) is 5.56 Å². The third kappa shape index (κ3) is 3.21. The second-order valence-electron chi connectivity index (χ2n) is 6.26. The maximum Gasteiger partial charge on any atom is 0.256 e. The maximum absolute atomic E-state index is 13.0. The Bertz CT molecular complexity index is 1190. The van der Waals surface area contributed by atoms with E-state index < -0.39 is 0 Å². The molecule has 0 bridgehead atoms. The van der Waals surface area contributed by atoms with Crippen LogP contribution in [0.3, 0.4) is 0 Å². The third-order valence-electron chi connectivity index (χ3n) is 4.49. The van der Waals surface area contributed by atoms with Crippen molar-refractivity contribution in [3.63, 3.8) is 0 Å². The summed E-state index contributed by atoms with van der Waals surface area (Å²) in [6, 6.07) is 20.4. The molecule has 0 radical (unpaired) electrons. The standard InChI is InChI=1S/C22H17N5O/c1-2-27-21-19(14-24-27)18(12-20(26-21)16-6-4-3-5-7-16)22(28)25-17-10-8-15(13-23)9-11-17/h3-12,14H,2H2,1H3,(H,25,28). The predicted octanol–water partition coefficient (Wildman–Crippen LogP) is 4.24. The van der Waals surface area contributed by atoms with Crippen LogP contribution in [0.15, 0.2) is 66.9 Å². The molecule has 0 unspecified atom stereocenters. The van der Waals surface area contributed by atoms with E-state index in [-0.39, 0.29) is 5.91 Å². The number of aryl methyl sites for hydroxylation is 1. The number of nitrogens with one attached hydrogen (secondary N) is 1. The van der Waals surface area contributed by atoms with E-state index in [0.29, 0.717) is 40.1 Å². The minimum Gasteiger partial charge on any atom is -0.322 e. The smallest absolute Gasteiger partial charge is 0.256 e. The van der Waals surface area contributed by atoms with Crippen LogP contribution in [0.2, 0.25) is 0 Å². The van der Waals surface area contributed by atoms with Crippen LogP contribution in [0.25, 0.3) is 22.3 Å².